The van der Waals surface area contributed by atoms with Gasteiger partial charge in [0.2, 0.25) is 5.91 Å². The van der Waals surface area contributed by atoms with Gasteiger partial charge in [-0.15, -0.1) is 23.2 Å². The average Bonchev–Trinajstić information content (AvgIpc) is 3.04. The molecule has 1 aromatic carbocycles. The molecule has 0 bridgehead atoms. The number of carbonyl (C=O) groups excluding carboxylic acids is 1. The molecule has 0 saturated heterocycles. The highest BCUT2D eigenvalue weighted by Crippen LogP contribution is 2.53. The maximum Gasteiger partial charge on any atom is 0.387 e. The predicted octanol–water partition coefficient (Wildman–Crippen LogP) is 2.63. The Hall–Kier alpha value is -1.11. The minimum Gasteiger partial charge on any atom is -0.435 e. The van der Waals surface area contributed by atoms with E-state index < -0.39 is 23.0 Å². The van der Waals surface area contributed by atoms with Gasteiger partial charge in [-0.25, -0.2) is 0 Å². The fourth-order valence-corrected chi connectivity index (χ4v) is 2.34. The Bertz CT molecular complexity index is 528. The second kappa shape index (κ2) is 6.34. The summed E-state index contributed by atoms with van der Waals surface area (Å²) in [6.07, 6.45) is -0.676. The number of rotatable bonds is 6. The number of ether oxygens (including phenoxy) is 1. The SMILES string of the molecule is O=C(NCC(O)c1cccc(OC(F)F)c1)C1CC1(Cl)Cl. The molecule has 21 heavy (non-hydrogen) atoms. The number of nitrogens with one attached hydrogen (secondary N) is 1. The summed E-state index contributed by atoms with van der Waals surface area (Å²) < 4.78 is 27.4. The van der Waals surface area contributed by atoms with Crippen LogP contribution in [-0.4, -0.2) is 28.5 Å². The first kappa shape index (κ1) is 16.3. The van der Waals surface area contributed by atoms with Gasteiger partial charge in [-0.3, -0.25) is 4.79 Å². The normalized spacial score (nSPS) is 21.0. The van der Waals surface area contributed by atoms with E-state index in [1.807, 2.05) is 0 Å². The van der Waals surface area contributed by atoms with Crippen molar-refractivity contribution in [1.82, 2.24) is 5.32 Å². The second-order valence-corrected chi connectivity index (χ2v) is 6.27. The zero-order valence-corrected chi connectivity index (χ0v) is 12.2. The minimum absolute atomic E-state index is 0.0596. The molecule has 1 amide bonds. The molecule has 2 atom stereocenters. The monoisotopic (exact) mass is 339 g/mol. The number of hydrogen-bond acceptors (Lipinski definition) is 3. The number of aliphatic hydroxyl groups is 1. The predicted molar refractivity (Wildman–Crippen MR) is 73.6 cm³/mol. The molecule has 0 radical (unpaired) electrons. The van der Waals surface area contributed by atoms with Gasteiger partial charge in [0.05, 0.1) is 12.0 Å². The summed E-state index contributed by atoms with van der Waals surface area (Å²) in [5, 5.41) is 12.4. The Kier molecular flexibility index (Phi) is 4.91. The summed E-state index contributed by atoms with van der Waals surface area (Å²) in [6.45, 7) is -3.01. The molecule has 0 heterocycles. The second-order valence-electron chi connectivity index (χ2n) is 4.73. The van der Waals surface area contributed by atoms with Crippen molar-refractivity contribution in [2.45, 2.75) is 23.5 Å². The van der Waals surface area contributed by atoms with Gasteiger partial charge in [0.15, 0.2) is 0 Å². The van der Waals surface area contributed by atoms with E-state index in [1.54, 1.807) is 6.07 Å². The van der Waals surface area contributed by atoms with Gasteiger partial charge in [0.25, 0.3) is 0 Å². The Morgan fingerprint density at radius 3 is 2.76 bits per heavy atom. The Balaban J connectivity index is 1.88. The maximum atomic E-state index is 12.1. The third-order valence-electron chi connectivity index (χ3n) is 3.08. The lowest BCUT2D eigenvalue weighted by Crippen LogP contribution is -2.30. The molecule has 1 saturated carbocycles. The third-order valence-corrected chi connectivity index (χ3v) is 3.92. The Morgan fingerprint density at radius 1 is 1.52 bits per heavy atom. The van der Waals surface area contributed by atoms with E-state index in [2.05, 4.69) is 10.1 Å². The summed E-state index contributed by atoms with van der Waals surface area (Å²) in [7, 11) is 0. The van der Waals surface area contributed by atoms with Crippen LogP contribution in [0.4, 0.5) is 8.78 Å². The third kappa shape index (κ3) is 4.43. The summed E-state index contributed by atoms with van der Waals surface area (Å²) in [5.41, 5.74) is 0.354. The molecule has 2 N–H and O–H groups in total. The molecule has 1 aliphatic rings. The van der Waals surface area contributed by atoms with E-state index in [9.17, 15) is 18.7 Å². The van der Waals surface area contributed by atoms with Crippen molar-refractivity contribution in [3.05, 3.63) is 29.8 Å². The van der Waals surface area contributed by atoms with Crippen LogP contribution >= 0.6 is 23.2 Å². The van der Waals surface area contributed by atoms with E-state index in [-0.39, 0.29) is 18.2 Å². The van der Waals surface area contributed by atoms with Crippen molar-refractivity contribution in [3.63, 3.8) is 0 Å². The summed E-state index contributed by atoms with van der Waals surface area (Å²) in [4.78, 5) is 11.7. The standard InChI is InChI=1S/C13H13Cl2F2NO3/c14-13(15)5-9(13)11(20)18-6-10(19)7-2-1-3-8(4-7)21-12(16)17/h1-4,9-10,12,19H,5-6H2,(H,18,20). The lowest BCUT2D eigenvalue weighted by atomic mass is 10.1. The zero-order chi connectivity index (χ0) is 15.6. The van der Waals surface area contributed by atoms with Crippen molar-refractivity contribution in [1.29, 1.82) is 0 Å². The highest BCUT2D eigenvalue weighted by atomic mass is 35.5. The first-order valence-corrected chi connectivity index (χ1v) is 6.93. The molecular weight excluding hydrogens is 327 g/mol. The van der Waals surface area contributed by atoms with Crippen LogP contribution in [0.15, 0.2) is 24.3 Å². The lowest BCUT2D eigenvalue weighted by molar-refractivity contribution is -0.122. The van der Waals surface area contributed by atoms with Crippen molar-refractivity contribution < 1.29 is 23.4 Å². The first-order chi connectivity index (χ1) is 9.79. The molecule has 8 heteroatoms. The lowest BCUT2D eigenvalue weighted by Gasteiger charge is -2.14. The number of halogens is 4. The largest absolute Gasteiger partial charge is 0.435 e. The molecule has 116 valence electrons. The van der Waals surface area contributed by atoms with Gasteiger partial charge in [-0.05, 0) is 24.1 Å². The van der Waals surface area contributed by atoms with E-state index >= 15 is 0 Å². The summed E-state index contributed by atoms with van der Waals surface area (Å²) >= 11 is 11.5. The van der Waals surface area contributed by atoms with Gasteiger partial charge in [0, 0.05) is 6.54 Å². The zero-order valence-electron chi connectivity index (χ0n) is 10.7. The molecule has 2 rings (SSSR count). The van der Waals surface area contributed by atoms with Crippen molar-refractivity contribution in [2.24, 2.45) is 5.92 Å². The van der Waals surface area contributed by atoms with E-state index in [1.165, 1.54) is 18.2 Å². The van der Waals surface area contributed by atoms with Crippen LogP contribution in [0.5, 0.6) is 5.75 Å². The highest BCUT2D eigenvalue weighted by Gasteiger charge is 2.56. The van der Waals surface area contributed by atoms with Crippen LogP contribution in [0.1, 0.15) is 18.1 Å². The molecule has 2 unspecified atom stereocenters. The van der Waals surface area contributed by atoms with Crippen LogP contribution in [0.25, 0.3) is 0 Å². The van der Waals surface area contributed by atoms with Gasteiger partial charge in [0.1, 0.15) is 10.1 Å². The average molecular weight is 340 g/mol. The number of carbonyl (C=O) groups is 1. The first-order valence-electron chi connectivity index (χ1n) is 6.18. The van der Waals surface area contributed by atoms with E-state index in [0.717, 1.165) is 0 Å². The quantitative estimate of drug-likeness (QED) is 0.783. The van der Waals surface area contributed by atoms with Crippen LogP contribution < -0.4 is 10.1 Å². The Labute approximate surface area is 130 Å². The molecule has 1 fully saturated rings. The highest BCUT2D eigenvalue weighted by molar-refractivity contribution is 6.52. The smallest absolute Gasteiger partial charge is 0.387 e. The van der Waals surface area contributed by atoms with Crippen LogP contribution in [0.3, 0.4) is 0 Å². The minimum atomic E-state index is -2.94. The van der Waals surface area contributed by atoms with Crippen molar-refractivity contribution >= 4 is 29.1 Å². The van der Waals surface area contributed by atoms with Gasteiger partial charge >= 0.3 is 6.61 Å². The molecule has 1 aromatic rings. The molecule has 0 aromatic heterocycles. The van der Waals surface area contributed by atoms with Crippen LogP contribution in [0, 0.1) is 5.92 Å². The fourth-order valence-electron chi connectivity index (χ4n) is 1.83. The molecule has 0 spiro atoms. The molecule has 4 nitrogen and oxygen atoms in total. The number of amides is 1. The number of benzene rings is 1. The van der Waals surface area contributed by atoms with Crippen molar-refractivity contribution in [3.8, 4) is 5.75 Å². The molecule has 0 aliphatic heterocycles. The molecule has 1 aliphatic carbocycles. The number of aliphatic hydroxyl groups excluding tert-OH is 1. The van der Waals surface area contributed by atoms with Crippen molar-refractivity contribution in [2.75, 3.05) is 6.54 Å². The van der Waals surface area contributed by atoms with E-state index in [0.29, 0.717) is 12.0 Å². The van der Waals surface area contributed by atoms with Gasteiger partial charge in [-0.1, -0.05) is 12.1 Å². The topological polar surface area (TPSA) is 58.6 Å². The summed E-state index contributed by atoms with van der Waals surface area (Å²) in [6, 6.07) is 5.65. The van der Waals surface area contributed by atoms with Crippen LogP contribution in [-0.2, 0) is 4.79 Å². The van der Waals surface area contributed by atoms with Crippen LogP contribution in [0.2, 0.25) is 0 Å². The van der Waals surface area contributed by atoms with E-state index in [4.69, 9.17) is 23.2 Å². The van der Waals surface area contributed by atoms with Gasteiger partial charge in [-0.2, -0.15) is 8.78 Å². The fraction of sp³-hybridized carbons (Fsp3) is 0.462. The number of hydrogen-bond donors (Lipinski definition) is 2. The summed E-state index contributed by atoms with van der Waals surface area (Å²) in [5.74, 6) is -0.892. The Morgan fingerprint density at radius 2 is 2.19 bits per heavy atom. The maximum absolute atomic E-state index is 12.1. The van der Waals surface area contributed by atoms with Gasteiger partial charge < -0.3 is 15.2 Å². The molecular formula is C13H13Cl2F2NO3. The number of alkyl halides is 4.